The fraction of sp³-hybridized carbons (Fsp3) is 0.316. The molecule has 8 heteroatoms. The molecule has 144 valence electrons. The fourth-order valence-electron chi connectivity index (χ4n) is 2.76. The van der Waals surface area contributed by atoms with Gasteiger partial charge in [-0.25, -0.2) is 17.9 Å². The van der Waals surface area contributed by atoms with Gasteiger partial charge in [0.25, 0.3) is 10.0 Å². The number of carbonyl (C=O) groups is 1. The second-order valence-electron chi connectivity index (χ2n) is 6.37. The first-order chi connectivity index (χ1) is 12.9. The number of ether oxygens (including phenoxy) is 1. The number of hydrogen-bond acceptors (Lipinski definition) is 5. The van der Waals surface area contributed by atoms with Gasteiger partial charge in [-0.1, -0.05) is 29.8 Å². The van der Waals surface area contributed by atoms with E-state index in [-0.39, 0.29) is 11.4 Å². The first kappa shape index (κ1) is 19.2. The molecular weight excluding hydrogens is 366 g/mol. The molecule has 0 aliphatic carbocycles. The Bertz CT molecular complexity index is 874. The molecule has 27 heavy (non-hydrogen) atoms. The quantitative estimate of drug-likeness (QED) is 0.817. The van der Waals surface area contributed by atoms with E-state index < -0.39 is 16.1 Å². The van der Waals surface area contributed by atoms with Gasteiger partial charge < -0.3 is 15.0 Å². The molecule has 0 unspecified atom stereocenters. The zero-order valence-corrected chi connectivity index (χ0v) is 16.0. The highest BCUT2D eigenvalue weighted by Gasteiger charge is 2.17. The van der Waals surface area contributed by atoms with Crippen LogP contribution < -0.4 is 14.9 Å². The summed E-state index contributed by atoms with van der Waals surface area (Å²) in [5.41, 5.74) is 2.93. The predicted molar refractivity (Wildman–Crippen MR) is 103 cm³/mol. The van der Waals surface area contributed by atoms with Crippen molar-refractivity contribution in [2.75, 3.05) is 31.2 Å². The highest BCUT2D eigenvalue weighted by molar-refractivity contribution is 7.90. The maximum Gasteiger partial charge on any atom is 0.328 e. The molecule has 0 bridgehead atoms. The van der Waals surface area contributed by atoms with Gasteiger partial charge >= 0.3 is 6.03 Å². The van der Waals surface area contributed by atoms with Crippen LogP contribution in [0.25, 0.3) is 0 Å². The largest absolute Gasteiger partial charge is 0.378 e. The van der Waals surface area contributed by atoms with E-state index in [0.717, 1.165) is 43.1 Å². The summed E-state index contributed by atoms with van der Waals surface area (Å²) in [5, 5.41) is 2.57. The van der Waals surface area contributed by atoms with E-state index in [0.29, 0.717) is 0 Å². The number of urea groups is 1. The summed E-state index contributed by atoms with van der Waals surface area (Å²) in [6, 6.07) is 13.4. The van der Waals surface area contributed by atoms with Crippen molar-refractivity contribution in [3.8, 4) is 0 Å². The van der Waals surface area contributed by atoms with Crippen LogP contribution in [0.1, 0.15) is 11.1 Å². The Morgan fingerprint density at radius 3 is 2.30 bits per heavy atom. The first-order valence-corrected chi connectivity index (χ1v) is 10.2. The lowest BCUT2D eigenvalue weighted by atomic mass is 10.2. The summed E-state index contributed by atoms with van der Waals surface area (Å²) >= 11 is 0. The minimum Gasteiger partial charge on any atom is -0.378 e. The van der Waals surface area contributed by atoms with Crippen LogP contribution in [0.2, 0.25) is 0 Å². The molecule has 0 aromatic heterocycles. The number of nitrogens with one attached hydrogen (secondary N) is 2. The third-order valence-electron chi connectivity index (χ3n) is 4.32. The van der Waals surface area contributed by atoms with E-state index in [1.165, 1.54) is 12.1 Å². The third kappa shape index (κ3) is 5.21. The molecule has 1 fully saturated rings. The van der Waals surface area contributed by atoms with Crippen LogP contribution in [0.5, 0.6) is 0 Å². The summed E-state index contributed by atoms with van der Waals surface area (Å²) in [5.74, 6) is 0. The normalized spacial score (nSPS) is 14.6. The summed E-state index contributed by atoms with van der Waals surface area (Å²) in [6.07, 6.45) is 0. The van der Waals surface area contributed by atoms with Gasteiger partial charge in [-0.3, -0.25) is 0 Å². The number of amides is 2. The zero-order chi connectivity index (χ0) is 19.3. The second kappa shape index (κ2) is 8.41. The Morgan fingerprint density at radius 2 is 1.67 bits per heavy atom. The van der Waals surface area contributed by atoms with Crippen molar-refractivity contribution in [1.29, 1.82) is 0 Å². The van der Waals surface area contributed by atoms with Crippen molar-refractivity contribution < 1.29 is 17.9 Å². The van der Waals surface area contributed by atoms with E-state index >= 15 is 0 Å². The molecule has 2 amide bonds. The number of benzene rings is 2. The molecule has 1 saturated heterocycles. The predicted octanol–water partition coefficient (Wildman–Crippen LogP) is 2.02. The molecule has 0 radical (unpaired) electrons. The van der Waals surface area contributed by atoms with Crippen LogP contribution in [0.4, 0.5) is 10.5 Å². The van der Waals surface area contributed by atoms with Crippen LogP contribution in [-0.2, 0) is 21.3 Å². The highest BCUT2D eigenvalue weighted by atomic mass is 32.2. The molecule has 2 aromatic carbocycles. The van der Waals surface area contributed by atoms with Crippen LogP contribution in [-0.4, -0.2) is 40.8 Å². The SMILES string of the molecule is Cc1ccc(S(=O)(=O)NC(=O)NCc2ccc(N3CCOCC3)cc2)cc1. The van der Waals surface area contributed by atoms with Crippen LogP contribution in [0.3, 0.4) is 0 Å². The first-order valence-electron chi connectivity index (χ1n) is 8.73. The molecule has 7 nitrogen and oxygen atoms in total. The maximum atomic E-state index is 12.2. The summed E-state index contributed by atoms with van der Waals surface area (Å²) in [4.78, 5) is 14.3. The molecule has 1 aliphatic heterocycles. The van der Waals surface area contributed by atoms with Crippen molar-refractivity contribution in [2.24, 2.45) is 0 Å². The van der Waals surface area contributed by atoms with E-state index in [9.17, 15) is 13.2 Å². The molecule has 1 heterocycles. The fourth-order valence-corrected chi connectivity index (χ4v) is 3.69. The topological polar surface area (TPSA) is 87.7 Å². The van der Waals surface area contributed by atoms with E-state index in [1.807, 2.05) is 35.9 Å². The molecule has 0 atom stereocenters. The molecule has 0 saturated carbocycles. The minimum absolute atomic E-state index is 0.0538. The van der Waals surface area contributed by atoms with Crippen molar-refractivity contribution >= 4 is 21.7 Å². The van der Waals surface area contributed by atoms with Crippen molar-refractivity contribution in [2.45, 2.75) is 18.4 Å². The van der Waals surface area contributed by atoms with Gasteiger partial charge in [0.1, 0.15) is 0 Å². The van der Waals surface area contributed by atoms with Crippen LogP contribution in [0, 0.1) is 6.92 Å². The Morgan fingerprint density at radius 1 is 1.04 bits per heavy atom. The molecule has 3 rings (SSSR count). The third-order valence-corrected chi connectivity index (χ3v) is 5.67. The summed E-state index contributed by atoms with van der Waals surface area (Å²) in [6.45, 7) is 5.26. The van der Waals surface area contributed by atoms with Gasteiger partial charge in [-0.15, -0.1) is 0 Å². The van der Waals surface area contributed by atoms with E-state index in [2.05, 4.69) is 10.2 Å². The monoisotopic (exact) mass is 389 g/mol. The number of rotatable bonds is 5. The number of hydrogen-bond donors (Lipinski definition) is 2. The number of anilines is 1. The van der Waals surface area contributed by atoms with E-state index in [4.69, 9.17) is 4.74 Å². The Hall–Kier alpha value is -2.58. The number of carbonyl (C=O) groups excluding carboxylic acids is 1. The molecule has 1 aliphatic rings. The molecular formula is C19H23N3O4S. The Labute approximate surface area is 159 Å². The lowest BCUT2D eigenvalue weighted by molar-refractivity contribution is 0.122. The molecule has 2 N–H and O–H groups in total. The van der Waals surface area contributed by atoms with Gasteiger partial charge in [0.15, 0.2) is 0 Å². The van der Waals surface area contributed by atoms with Crippen molar-refractivity contribution in [3.05, 3.63) is 59.7 Å². The lowest BCUT2D eigenvalue weighted by Crippen LogP contribution is -2.39. The van der Waals surface area contributed by atoms with Crippen LogP contribution in [0.15, 0.2) is 53.4 Å². The molecule has 0 spiro atoms. The van der Waals surface area contributed by atoms with Gasteiger partial charge in [0.05, 0.1) is 18.1 Å². The Kier molecular flexibility index (Phi) is 5.98. The number of sulfonamides is 1. The average Bonchev–Trinajstić information content (AvgIpc) is 2.67. The standard InChI is InChI=1S/C19H23N3O4S/c1-15-2-8-18(9-3-15)27(24,25)21-19(23)20-14-16-4-6-17(7-5-16)22-10-12-26-13-11-22/h2-9H,10-14H2,1H3,(H2,20,21,23). The van der Waals surface area contributed by atoms with Gasteiger partial charge in [-0.05, 0) is 36.8 Å². The number of morpholine rings is 1. The summed E-state index contributed by atoms with van der Waals surface area (Å²) < 4.78 is 31.8. The lowest BCUT2D eigenvalue weighted by Gasteiger charge is -2.28. The van der Waals surface area contributed by atoms with Crippen molar-refractivity contribution in [3.63, 3.8) is 0 Å². The zero-order valence-electron chi connectivity index (χ0n) is 15.1. The van der Waals surface area contributed by atoms with E-state index in [1.54, 1.807) is 12.1 Å². The summed E-state index contributed by atoms with van der Waals surface area (Å²) in [7, 11) is -3.88. The van der Waals surface area contributed by atoms with Crippen LogP contribution >= 0.6 is 0 Å². The smallest absolute Gasteiger partial charge is 0.328 e. The maximum absolute atomic E-state index is 12.2. The van der Waals surface area contributed by atoms with Gasteiger partial charge in [-0.2, -0.15) is 0 Å². The number of aryl methyl sites for hydroxylation is 1. The highest BCUT2D eigenvalue weighted by Crippen LogP contribution is 2.16. The number of nitrogens with zero attached hydrogens (tertiary/aromatic N) is 1. The van der Waals surface area contributed by atoms with Gasteiger partial charge in [0.2, 0.25) is 0 Å². The average molecular weight is 389 g/mol. The second-order valence-corrected chi connectivity index (χ2v) is 8.05. The van der Waals surface area contributed by atoms with Crippen molar-refractivity contribution in [1.82, 2.24) is 10.0 Å². The minimum atomic E-state index is -3.88. The molecule has 2 aromatic rings. The van der Waals surface area contributed by atoms with Gasteiger partial charge in [0, 0.05) is 25.3 Å². The Balaban J connectivity index is 1.53.